The molecule has 1 unspecified atom stereocenters. The van der Waals surface area contributed by atoms with E-state index < -0.39 is 5.97 Å². The monoisotopic (exact) mass is 262 g/mol. The van der Waals surface area contributed by atoms with E-state index in [2.05, 4.69) is 4.98 Å². The summed E-state index contributed by atoms with van der Waals surface area (Å²) in [5, 5.41) is 8.95. The molecule has 4 nitrogen and oxygen atoms in total. The molecular formula is C13H14N2O2S. The van der Waals surface area contributed by atoms with Crippen molar-refractivity contribution < 1.29 is 9.90 Å². The van der Waals surface area contributed by atoms with E-state index in [9.17, 15) is 4.79 Å². The lowest BCUT2D eigenvalue weighted by molar-refractivity contribution is 0.0697. The zero-order valence-electron chi connectivity index (χ0n) is 9.87. The third kappa shape index (κ3) is 2.10. The lowest BCUT2D eigenvalue weighted by atomic mass is 10.1. The summed E-state index contributed by atoms with van der Waals surface area (Å²) in [7, 11) is 0. The van der Waals surface area contributed by atoms with E-state index in [0.717, 1.165) is 17.8 Å². The van der Waals surface area contributed by atoms with Gasteiger partial charge in [-0.1, -0.05) is 0 Å². The first-order valence-electron chi connectivity index (χ1n) is 6.01. The molecule has 18 heavy (non-hydrogen) atoms. The summed E-state index contributed by atoms with van der Waals surface area (Å²) in [6.07, 6.45) is 5.80. The average molecular weight is 262 g/mol. The maximum Gasteiger partial charge on any atom is 0.335 e. The third-order valence-corrected chi connectivity index (χ3v) is 4.58. The van der Waals surface area contributed by atoms with Gasteiger partial charge in [0.2, 0.25) is 0 Å². The van der Waals surface area contributed by atoms with Crippen LogP contribution in [0.3, 0.4) is 0 Å². The van der Waals surface area contributed by atoms with E-state index in [1.165, 1.54) is 17.9 Å². The standard InChI is InChI=1S/C13H14N2O2S/c16-13(17)10-1-3-15-11(6-10)7-14-12(15)5-9-2-4-18-8-9/h1,3,6-7,9H,2,4-5,8H2,(H,16,17). The first kappa shape index (κ1) is 11.6. The fourth-order valence-electron chi connectivity index (χ4n) is 2.34. The molecule has 1 atom stereocenters. The van der Waals surface area contributed by atoms with Gasteiger partial charge in [0.05, 0.1) is 17.3 Å². The van der Waals surface area contributed by atoms with Gasteiger partial charge in [0.15, 0.2) is 0 Å². The normalized spacial score (nSPS) is 19.4. The number of nitrogens with zero attached hydrogens (tertiary/aromatic N) is 2. The van der Waals surface area contributed by atoms with Crippen molar-refractivity contribution in [1.82, 2.24) is 9.38 Å². The summed E-state index contributed by atoms with van der Waals surface area (Å²) in [5.74, 6) is 3.31. The zero-order chi connectivity index (χ0) is 12.5. The summed E-state index contributed by atoms with van der Waals surface area (Å²) in [5.41, 5.74) is 1.17. The molecule has 5 heteroatoms. The Kier molecular flexibility index (Phi) is 2.99. The minimum Gasteiger partial charge on any atom is -0.478 e. The number of rotatable bonds is 3. The molecule has 94 valence electrons. The lowest BCUT2D eigenvalue weighted by Crippen LogP contribution is -2.06. The third-order valence-electron chi connectivity index (χ3n) is 3.35. The Bertz CT molecular complexity index is 588. The first-order chi connectivity index (χ1) is 8.74. The summed E-state index contributed by atoms with van der Waals surface area (Å²) in [6, 6.07) is 3.30. The van der Waals surface area contributed by atoms with E-state index in [-0.39, 0.29) is 0 Å². The topological polar surface area (TPSA) is 54.6 Å². The number of carboxylic acids is 1. The number of hydrogen-bond acceptors (Lipinski definition) is 3. The van der Waals surface area contributed by atoms with Gasteiger partial charge in [-0.25, -0.2) is 9.78 Å². The molecule has 1 N–H and O–H groups in total. The van der Waals surface area contributed by atoms with Crippen LogP contribution in [0.5, 0.6) is 0 Å². The molecule has 0 radical (unpaired) electrons. The van der Waals surface area contributed by atoms with Gasteiger partial charge in [-0.2, -0.15) is 11.8 Å². The van der Waals surface area contributed by atoms with E-state index in [0.29, 0.717) is 11.5 Å². The van der Waals surface area contributed by atoms with Crippen LogP contribution in [0.15, 0.2) is 24.5 Å². The molecule has 3 rings (SSSR count). The van der Waals surface area contributed by atoms with Crippen molar-refractivity contribution in [2.24, 2.45) is 5.92 Å². The molecule has 1 fully saturated rings. The predicted octanol–water partition coefficient (Wildman–Crippen LogP) is 2.33. The number of pyridine rings is 1. The molecule has 1 saturated heterocycles. The summed E-state index contributed by atoms with van der Waals surface area (Å²) >= 11 is 2.00. The highest BCUT2D eigenvalue weighted by Crippen LogP contribution is 2.26. The Hall–Kier alpha value is -1.49. The highest BCUT2D eigenvalue weighted by molar-refractivity contribution is 7.99. The molecule has 0 amide bonds. The average Bonchev–Trinajstić information content (AvgIpc) is 2.99. The highest BCUT2D eigenvalue weighted by atomic mass is 32.2. The van der Waals surface area contributed by atoms with E-state index in [1.807, 2.05) is 22.4 Å². The number of hydrogen-bond donors (Lipinski definition) is 1. The molecule has 0 aliphatic carbocycles. The summed E-state index contributed by atoms with van der Waals surface area (Å²) < 4.78 is 2.00. The van der Waals surface area contributed by atoms with Crippen LogP contribution in [0.25, 0.3) is 5.52 Å². The van der Waals surface area contributed by atoms with Crippen LogP contribution in [0.1, 0.15) is 22.6 Å². The molecule has 2 aromatic heterocycles. The van der Waals surface area contributed by atoms with E-state index in [1.54, 1.807) is 18.3 Å². The Balaban J connectivity index is 1.91. The molecular weight excluding hydrogens is 248 g/mol. The van der Waals surface area contributed by atoms with Gasteiger partial charge in [0.25, 0.3) is 0 Å². The van der Waals surface area contributed by atoms with Crippen molar-refractivity contribution in [3.8, 4) is 0 Å². The van der Waals surface area contributed by atoms with Gasteiger partial charge in [0.1, 0.15) is 5.82 Å². The van der Waals surface area contributed by atoms with Crippen LogP contribution in [-0.2, 0) is 6.42 Å². The second-order valence-electron chi connectivity index (χ2n) is 4.62. The van der Waals surface area contributed by atoms with Crippen LogP contribution in [0.2, 0.25) is 0 Å². The van der Waals surface area contributed by atoms with Gasteiger partial charge >= 0.3 is 5.97 Å². The SMILES string of the molecule is O=C(O)c1ccn2c(CC3CCSC3)ncc2c1. The predicted molar refractivity (Wildman–Crippen MR) is 71.3 cm³/mol. The summed E-state index contributed by atoms with van der Waals surface area (Å²) in [4.78, 5) is 15.3. The van der Waals surface area contributed by atoms with Crippen molar-refractivity contribution in [1.29, 1.82) is 0 Å². The molecule has 0 spiro atoms. The molecule has 1 aliphatic heterocycles. The molecule has 1 aliphatic rings. The Morgan fingerprint density at radius 1 is 1.61 bits per heavy atom. The molecule has 0 bridgehead atoms. The Labute approximate surface area is 109 Å². The maximum atomic E-state index is 10.9. The first-order valence-corrected chi connectivity index (χ1v) is 7.16. The van der Waals surface area contributed by atoms with Crippen molar-refractivity contribution in [3.05, 3.63) is 35.9 Å². The number of aromatic nitrogens is 2. The number of imidazole rings is 1. The van der Waals surface area contributed by atoms with Crippen LogP contribution in [-0.4, -0.2) is 32.0 Å². The number of thioether (sulfide) groups is 1. The zero-order valence-corrected chi connectivity index (χ0v) is 10.7. The maximum absolute atomic E-state index is 10.9. The molecule has 0 saturated carbocycles. The van der Waals surface area contributed by atoms with Gasteiger partial charge in [-0.3, -0.25) is 0 Å². The smallest absolute Gasteiger partial charge is 0.335 e. The fraction of sp³-hybridized carbons (Fsp3) is 0.385. The lowest BCUT2D eigenvalue weighted by Gasteiger charge is -2.07. The van der Waals surface area contributed by atoms with Crippen molar-refractivity contribution in [3.63, 3.8) is 0 Å². The Morgan fingerprint density at radius 3 is 3.22 bits per heavy atom. The van der Waals surface area contributed by atoms with Gasteiger partial charge in [-0.15, -0.1) is 0 Å². The minimum absolute atomic E-state index is 0.311. The molecule has 0 aromatic carbocycles. The van der Waals surface area contributed by atoms with Crippen molar-refractivity contribution in [2.45, 2.75) is 12.8 Å². The quantitative estimate of drug-likeness (QED) is 0.922. The van der Waals surface area contributed by atoms with Crippen LogP contribution >= 0.6 is 11.8 Å². The van der Waals surface area contributed by atoms with Crippen LogP contribution < -0.4 is 0 Å². The number of fused-ring (bicyclic) bond motifs is 1. The fourth-order valence-corrected chi connectivity index (χ4v) is 3.63. The van der Waals surface area contributed by atoms with E-state index >= 15 is 0 Å². The van der Waals surface area contributed by atoms with Crippen molar-refractivity contribution in [2.75, 3.05) is 11.5 Å². The van der Waals surface area contributed by atoms with Gasteiger partial charge in [-0.05, 0) is 36.0 Å². The van der Waals surface area contributed by atoms with Crippen LogP contribution in [0.4, 0.5) is 0 Å². The van der Waals surface area contributed by atoms with Gasteiger partial charge < -0.3 is 9.51 Å². The second-order valence-corrected chi connectivity index (χ2v) is 5.77. The van der Waals surface area contributed by atoms with Crippen LogP contribution in [0, 0.1) is 5.92 Å². The number of aromatic carboxylic acids is 1. The minimum atomic E-state index is -0.896. The van der Waals surface area contributed by atoms with Gasteiger partial charge in [0, 0.05) is 12.6 Å². The summed E-state index contributed by atoms with van der Waals surface area (Å²) in [6.45, 7) is 0. The highest BCUT2D eigenvalue weighted by Gasteiger charge is 2.18. The number of carboxylic acid groups (broad SMARTS) is 1. The van der Waals surface area contributed by atoms with E-state index in [4.69, 9.17) is 5.11 Å². The largest absolute Gasteiger partial charge is 0.478 e. The second kappa shape index (κ2) is 4.65. The number of carbonyl (C=O) groups is 1. The molecule has 3 heterocycles. The Morgan fingerprint density at radius 2 is 2.50 bits per heavy atom. The molecule has 2 aromatic rings. The van der Waals surface area contributed by atoms with Crippen molar-refractivity contribution >= 4 is 23.2 Å².